The Hall–Kier alpha value is -3.79. The summed E-state index contributed by atoms with van der Waals surface area (Å²) < 4.78 is 18.3. The van der Waals surface area contributed by atoms with Gasteiger partial charge in [-0.05, 0) is 70.6 Å². The number of rotatable bonds is 9. The lowest BCUT2D eigenvalue weighted by molar-refractivity contribution is -0.131. The SMILES string of the molecule is COc1ccc(Cl)cc1-c1nnc(S/C(=C\c2c(OCc3ccc(Br)cc3)ccc3ccccc23)C(=O)O)o1. The van der Waals surface area contributed by atoms with Gasteiger partial charge < -0.3 is 19.0 Å². The van der Waals surface area contributed by atoms with Crippen molar-refractivity contribution in [3.05, 3.63) is 104 Å². The van der Waals surface area contributed by atoms with Gasteiger partial charge in [-0.15, -0.1) is 10.2 Å². The lowest BCUT2D eigenvalue weighted by atomic mass is 10.0. The van der Waals surface area contributed by atoms with E-state index in [1.807, 2.05) is 60.7 Å². The summed E-state index contributed by atoms with van der Waals surface area (Å²) in [7, 11) is 1.52. The maximum Gasteiger partial charge on any atom is 0.342 e. The van der Waals surface area contributed by atoms with Crippen LogP contribution >= 0.6 is 39.3 Å². The number of carboxylic acids is 1. The Morgan fingerprint density at radius 3 is 2.59 bits per heavy atom. The molecule has 0 fully saturated rings. The second-order valence-corrected chi connectivity index (χ2v) is 10.6. The number of aromatic nitrogens is 2. The van der Waals surface area contributed by atoms with Crippen LogP contribution in [0.2, 0.25) is 5.02 Å². The third kappa shape index (κ3) is 6.27. The predicted octanol–water partition coefficient (Wildman–Crippen LogP) is 8.11. The molecule has 0 spiro atoms. The predicted molar refractivity (Wildman–Crippen MR) is 155 cm³/mol. The molecule has 4 aromatic carbocycles. The van der Waals surface area contributed by atoms with Gasteiger partial charge in [0.05, 0.1) is 12.7 Å². The van der Waals surface area contributed by atoms with Crippen LogP contribution in [-0.2, 0) is 11.4 Å². The summed E-state index contributed by atoms with van der Waals surface area (Å²) in [5.74, 6) is 0.0555. The first kappa shape index (κ1) is 26.8. The standard InChI is InChI=1S/C29H20BrClN2O5S/c1-36-24-13-11-20(31)14-23(24)27-32-33-29(38-27)39-26(28(34)35)15-22-21-5-3-2-4-18(21)8-12-25(22)37-16-17-6-9-19(30)10-7-17/h2-15H,16H2,1H3,(H,34,35)/b26-15-. The molecule has 0 saturated carbocycles. The molecule has 1 heterocycles. The van der Waals surface area contributed by atoms with Gasteiger partial charge in [0.15, 0.2) is 0 Å². The third-order valence-electron chi connectivity index (χ3n) is 5.72. The van der Waals surface area contributed by atoms with Crippen LogP contribution in [0.3, 0.4) is 0 Å². The van der Waals surface area contributed by atoms with Crippen LogP contribution in [0.4, 0.5) is 0 Å². The molecule has 196 valence electrons. The molecule has 0 aliphatic rings. The van der Waals surface area contributed by atoms with Crippen LogP contribution in [0.25, 0.3) is 28.3 Å². The summed E-state index contributed by atoms with van der Waals surface area (Å²) in [4.78, 5) is 12.3. The monoisotopic (exact) mass is 622 g/mol. The molecule has 0 aliphatic carbocycles. The molecule has 39 heavy (non-hydrogen) atoms. The largest absolute Gasteiger partial charge is 0.496 e. The van der Waals surface area contributed by atoms with Crippen LogP contribution in [0.1, 0.15) is 11.1 Å². The van der Waals surface area contributed by atoms with E-state index in [-0.39, 0.29) is 16.0 Å². The Labute approximate surface area is 241 Å². The number of ether oxygens (including phenoxy) is 2. The van der Waals surface area contributed by atoms with Crippen LogP contribution in [0.15, 0.2) is 97.9 Å². The minimum Gasteiger partial charge on any atom is -0.496 e. The van der Waals surface area contributed by atoms with E-state index >= 15 is 0 Å². The number of hydrogen-bond acceptors (Lipinski definition) is 7. The fourth-order valence-corrected chi connectivity index (χ4v) is 4.95. The molecule has 5 rings (SSSR count). The zero-order chi connectivity index (χ0) is 27.4. The number of aliphatic carboxylic acids is 1. The summed E-state index contributed by atoms with van der Waals surface area (Å²) in [6.45, 7) is 0.316. The van der Waals surface area contributed by atoms with Crippen LogP contribution < -0.4 is 9.47 Å². The van der Waals surface area contributed by atoms with E-state index in [9.17, 15) is 9.90 Å². The van der Waals surface area contributed by atoms with Gasteiger partial charge in [-0.25, -0.2) is 4.79 Å². The molecule has 0 bridgehead atoms. The van der Waals surface area contributed by atoms with E-state index in [1.165, 1.54) is 7.11 Å². The highest BCUT2D eigenvalue weighted by molar-refractivity contribution is 9.10. The number of thioether (sulfide) groups is 1. The van der Waals surface area contributed by atoms with Crippen molar-refractivity contribution < 1.29 is 23.8 Å². The molecule has 5 aromatic rings. The van der Waals surface area contributed by atoms with Crippen LogP contribution in [0, 0.1) is 0 Å². The van der Waals surface area contributed by atoms with Gasteiger partial charge in [0.2, 0.25) is 0 Å². The smallest absolute Gasteiger partial charge is 0.342 e. The lowest BCUT2D eigenvalue weighted by Gasteiger charge is -2.13. The van der Waals surface area contributed by atoms with Crippen molar-refractivity contribution in [1.29, 1.82) is 0 Å². The van der Waals surface area contributed by atoms with Gasteiger partial charge in [-0.2, -0.15) is 0 Å². The Morgan fingerprint density at radius 1 is 1.05 bits per heavy atom. The van der Waals surface area contributed by atoms with Gasteiger partial charge in [-0.3, -0.25) is 0 Å². The highest BCUT2D eigenvalue weighted by Crippen LogP contribution is 2.37. The van der Waals surface area contributed by atoms with E-state index in [4.69, 9.17) is 25.5 Å². The zero-order valence-electron chi connectivity index (χ0n) is 20.4. The van der Waals surface area contributed by atoms with E-state index in [1.54, 1.807) is 24.3 Å². The number of carboxylic acid groups (broad SMARTS) is 1. The normalized spacial score (nSPS) is 11.5. The third-order valence-corrected chi connectivity index (χ3v) is 7.34. The van der Waals surface area contributed by atoms with Crippen molar-refractivity contribution in [2.75, 3.05) is 7.11 Å². The summed E-state index contributed by atoms with van der Waals surface area (Å²) in [6.07, 6.45) is 1.57. The molecule has 7 nitrogen and oxygen atoms in total. The Bertz CT molecular complexity index is 1690. The number of fused-ring (bicyclic) bond motifs is 1. The summed E-state index contributed by atoms with van der Waals surface area (Å²) >= 11 is 10.4. The first-order chi connectivity index (χ1) is 18.9. The van der Waals surface area contributed by atoms with Crippen molar-refractivity contribution in [3.8, 4) is 23.0 Å². The van der Waals surface area contributed by atoms with Crippen molar-refractivity contribution in [2.24, 2.45) is 0 Å². The molecule has 0 unspecified atom stereocenters. The minimum atomic E-state index is -1.15. The van der Waals surface area contributed by atoms with Gasteiger partial charge in [0.1, 0.15) is 23.0 Å². The van der Waals surface area contributed by atoms with Crippen molar-refractivity contribution in [1.82, 2.24) is 10.2 Å². The van der Waals surface area contributed by atoms with Crippen molar-refractivity contribution in [3.63, 3.8) is 0 Å². The van der Waals surface area contributed by atoms with E-state index in [0.29, 0.717) is 34.3 Å². The van der Waals surface area contributed by atoms with Crippen LogP contribution in [-0.4, -0.2) is 28.4 Å². The van der Waals surface area contributed by atoms with Crippen LogP contribution in [0.5, 0.6) is 11.5 Å². The molecular formula is C29H20BrClN2O5S. The van der Waals surface area contributed by atoms with Crippen molar-refractivity contribution >= 4 is 62.1 Å². The molecular weight excluding hydrogens is 604 g/mol. The molecule has 0 amide bonds. The fourth-order valence-electron chi connectivity index (χ4n) is 3.86. The van der Waals surface area contributed by atoms with Gasteiger partial charge in [0, 0.05) is 15.1 Å². The minimum absolute atomic E-state index is 0.0203. The quantitative estimate of drug-likeness (QED) is 0.130. The number of carbonyl (C=O) groups is 1. The second-order valence-electron chi connectivity index (χ2n) is 8.25. The van der Waals surface area contributed by atoms with Crippen molar-refractivity contribution in [2.45, 2.75) is 11.8 Å². The maximum atomic E-state index is 12.3. The highest BCUT2D eigenvalue weighted by Gasteiger charge is 2.20. The topological polar surface area (TPSA) is 94.7 Å². The van der Waals surface area contributed by atoms with E-state index in [2.05, 4.69) is 26.1 Å². The molecule has 0 atom stereocenters. The molecule has 1 aromatic heterocycles. The maximum absolute atomic E-state index is 12.3. The number of nitrogens with zero attached hydrogens (tertiary/aromatic N) is 2. The lowest BCUT2D eigenvalue weighted by Crippen LogP contribution is -2.00. The fraction of sp³-hybridized carbons (Fsp3) is 0.0690. The number of halogens is 2. The summed E-state index contributed by atoms with van der Waals surface area (Å²) in [6, 6.07) is 24.3. The highest BCUT2D eigenvalue weighted by atomic mass is 79.9. The van der Waals surface area contributed by atoms with E-state index in [0.717, 1.165) is 32.6 Å². The zero-order valence-corrected chi connectivity index (χ0v) is 23.6. The average molecular weight is 624 g/mol. The Balaban J connectivity index is 1.49. The average Bonchev–Trinajstić information content (AvgIpc) is 3.41. The first-order valence-electron chi connectivity index (χ1n) is 11.6. The second kappa shape index (κ2) is 11.9. The molecule has 0 radical (unpaired) electrons. The summed E-state index contributed by atoms with van der Waals surface area (Å²) in [5, 5.41) is 20.5. The van der Waals surface area contributed by atoms with Gasteiger partial charge >= 0.3 is 5.97 Å². The number of hydrogen-bond donors (Lipinski definition) is 1. The molecule has 0 saturated heterocycles. The number of methoxy groups -OCH3 is 1. The first-order valence-corrected chi connectivity index (χ1v) is 13.6. The Kier molecular flexibility index (Phi) is 8.21. The molecule has 0 aliphatic heterocycles. The number of benzene rings is 4. The molecule has 1 N–H and O–H groups in total. The Morgan fingerprint density at radius 2 is 1.82 bits per heavy atom. The van der Waals surface area contributed by atoms with E-state index < -0.39 is 5.97 Å². The van der Waals surface area contributed by atoms with Gasteiger partial charge in [-0.1, -0.05) is 70.0 Å². The van der Waals surface area contributed by atoms with Gasteiger partial charge in [0.25, 0.3) is 11.1 Å². The molecule has 10 heteroatoms. The summed E-state index contributed by atoms with van der Waals surface area (Å²) in [5.41, 5.74) is 2.11.